The lowest BCUT2D eigenvalue weighted by Crippen LogP contribution is -2.23. The number of rotatable bonds is 8. The maximum Gasteiger partial charge on any atom is 0.330 e. The molecule has 0 aliphatic rings. The van der Waals surface area contributed by atoms with Crippen LogP contribution in [-0.4, -0.2) is 43.7 Å². The number of hydrogen-bond acceptors (Lipinski definition) is 7. The van der Waals surface area contributed by atoms with Gasteiger partial charge in [0.25, 0.3) is 15.6 Å². The van der Waals surface area contributed by atoms with Gasteiger partial charge in [-0.3, -0.25) is 4.79 Å². The number of sulfone groups is 1. The van der Waals surface area contributed by atoms with E-state index in [1.54, 1.807) is 26.0 Å². The zero-order valence-corrected chi connectivity index (χ0v) is 23.8. The van der Waals surface area contributed by atoms with Gasteiger partial charge in [-0.05, 0) is 56.3 Å². The van der Waals surface area contributed by atoms with E-state index in [4.69, 9.17) is 4.74 Å². The van der Waals surface area contributed by atoms with Gasteiger partial charge < -0.3 is 9.30 Å². The molecule has 40 heavy (non-hydrogen) atoms. The van der Waals surface area contributed by atoms with Gasteiger partial charge in [-0.15, -0.1) is 0 Å². The van der Waals surface area contributed by atoms with Crippen LogP contribution in [0.25, 0.3) is 28.1 Å². The van der Waals surface area contributed by atoms with Crippen LogP contribution in [0.2, 0.25) is 0 Å². The molecule has 9 nitrogen and oxygen atoms in total. The SMILES string of the molecule is CCOC(=O)/C=C/c1cc2c(-c3cc(S(=O)(=O)CC)ccc3F)cn(C)c(=O)c2n1S(=O)(=O)c1ccc(C)cc1. The molecule has 0 amide bonds. The minimum absolute atomic E-state index is 0.0484. The van der Waals surface area contributed by atoms with Crippen molar-refractivity contribution >= 4 is 42.8 Å². The summed E-state index contributed by atoms with van der Waals surface area (Å²) in [5, 5.41) is 0.0484. The van der Waals surface area contributed by atoms with E-state index in [-0.39, 0.29) is 49.9 Å². The molecule has 4 aromatic rings. The van der Waals surface area contributed by atoms with Crippen molar-refractivity contribution in [1.82, 2.24) is 8.54 Å². The monoisotopic (exact) mass is 586 g/mol. The van der Waals surface area contributed by atoms with Gasteiger partial charge in [-0.1, -0.05) is 24.6 Å². The minimum Gasteiger partial charge on any atom is -0.463 e. The van der Waals surface area contributed by atoms with Crippen molar-refractivity contribution in [3.8, 4) is 11.1 Å². The number of hydrogen-bond donors (Lipinski definition) is 0. The Morgan fingerprint density at radius 1 is 0.975 bits per heavy atom. The summed E-state index contributed by atoms with van der Waals surface area (Å²) in [7, 11) is -6.73. The molecule has 0 atom stereocenters. The lowest BCUT2D eigenvalue weighted by Gasteiger charge is -2.13. The third-order valence-corrected chi connectivity index (χ3v) is 9.80. The summed E-state index contributed by atoms with van der Waals surface area (Å²) < 4.78 is 74.9. The Labute approximate surface area is 231 Å². The fraction of sp³-hybridized carbons (Fsp3) is 0.214. The molecule has 0 aliphatic carbocycles. The number of carbonyl (C=O) groups excluding carboxylic acids is 1. The number of fused-ring (bicyclic) bond motifs is 1. The summed E-state index contributed by atoms with van der Waals surface area (Å²) in [5.74, 6) is -1.72. The van der Waals surface area contributed by atoms with Crippen molar-refractivity contribution in [3.63, 3.8) is 0 Å². The smallest absolute Gasteiger partial charge is 0.330 e. The minimum atomic E-state index is -4.40. The van der Waals surface area contributed by atoms with Crippen LogP contribution in [0.5, 0.6) is 0 Å². The van der Waals surface area contributed by atoms with Gasteiger partial charge in [0.2, 0.25) is 0 Å². The third-order valence-electron chi connectivity index (χ3n) is 6.32. The highest BCUT2D eigenvalue weighted by Gasteiger charge is 2.27. The van der Waals surface area contributed by atoms with Crippen LogP contribution in [0.3, 0.4) is 0 Å². The van der Waals surface area contributed by atoms with Crippen LogP contribution in [-0.2, 0) is 36.4 Å². The Hall–Kier alpha value is -4.03. The zero-order chi connectivity index (χ0) is 29.4. The summed E-state index contributed by atoms with van der Waals surface area (Å²) in [6, 6.07) is 10.6. The standard InChI is InChI=1S/C28H27FN2O7S2/c1-5-38-26(32)14-9-19-15-23-24(22-16-21(12-13-25(22)29)39(34,35)6-2)17-30(4)28(33)27(23)31(19)40(36,37)20-10-7-18(3)8-11-20/h7-17H,5-6H2,1-4H3/b14-9+. The number of aryl methyl sites for hydroxylation is 2. The largest absolute Gasteiger partial charge is 0.463 e. The van der Waals surface area contributed by atoms with Crippen molar-refractivity contribution in [3.05, 3.63) is 88.2 Å². The number of nitrogens with zero attached hydrogens (tertiary/aromatic N) is 2. The first-order valence-electron chi connectivity index (χ1n) is 12.3. The molecule has 2 aromatic heterocycles. The van der Waals surface area contributed by atoms with Crippen LogP contribution in [0.15, 0.2) is 75.4 Å². The van der Waals surface area contributed by atoms with Crippen molar-refractivity contribution < 1.29 is 30.8 Å². The topological polar surface area (TPSA) is 122 Å². The Morgan fingerprint density at radius 3 is 2.25 bits per heavy atom. The molecule has 210 valence electrons. The Morgan fingerprint density at radius 2 is 1.62 bits per heavy atom. The van der Waals surface area contributed by atoms with Gasteiger partial charge in [-0.2, -0.15) is 0 Å². The summed E-state index contributed by atoms with van der Waals surface area (Å²) in [5.41, 5.74) is -0.303. The van der Waals surface area contributed by atoms with E-state index >= 15 is 4.39 Å². The number of benzene rings is 2. The summed E-state index contributed by atoms with van der Waals surface area (Å²) in [4.78, 5) is 25.3. The van der Waals surface area contributed by atoms with Crippen LogP contribution in [0.1, 0.15) is 25.1 Å². The first-order valence-corrected chi connectivity index (χ1v) is 15.4. The van der Waals surface area contributed by atoms with Crippen molar-refractivity contribution in [2.45, 2.75) is 30.6 Å². The molecule has 2 aromatic carbocycles. The molecule has 0 bridgehead atoms. The molecular formula is C28H27FN2O7S2. The Bertz CT molecular complexity index is 1940. The van der Waals surface area contributed by atoms with E-state index in [0.29, 0.717) is 0 Å². The molecule has 0 fully saturated rings. The quantitative estimate of drug-likeness (QED) is 0.173. The van der Waals surface area contributed by atoms with Gasteiger partial charge in [0.1, 0.15) is 11.3 Å². The van der Waals surface area contributed by atoms with Gasteiger partial charge in [-0.25, -0.2) is 30.0 Å². The van der Waals surface area contributed by atoms with Crippen LogP contribution in [0.4, 0.5) is 4.39 Å². The molecule has 12 heteroatoms. The second kappa shape index (κ2) is 10.9. The van der Waals surface area contributed by atoms with E-state index in [1.807, 2.05) is 0 Å². The van der Waals surface area contributed by atoms with E-state index in [9.17, 15) is 26.4 Å². The highest BCUT2D eigenvalue weighted by atomic mass is 32.2. The van der Waals surface area contributed by atoms with Crippen LogP contribution >= 0.6 is 0 Å². The summed E-state index contributed by atoms with van der Waals surface area (Å²) >= 11 is 0. The van der Waals surface area contributed by atoms with Crippen molar-refractivity contribution in [2.24, 2.45) is 7.05 Å². The number of halogens is 1. The highest BCUT2D eigenvalue weighted by molar-refractivity contribution is 7.91. The molecule has 2 heterocycles. The van der Waals surface area contributed by atoms with Crippen molar-refractivity contribution in [1.29, 1.82) is 0 Å². The van der Waals surface area contributed by atoms with Gasteiger partial charge >= 0.3 is 5.97 Å². The molecular weight excluding hydrogens is 559 g/mol. The normalized spacial score (nSPS) is 12.3. The van der Waals surface area contributed by atoms with Gasteiger partial charge in [0.05, 0.1) is 27.8 Å². The molecule has 0 unspecified atom stereocenters. The van der Waals surface area contributed by atoms with Crippen LogP contribution < -0.4 is 5.56 Å². The molecule has 0 N–H and O–H groups in total. The van der Waals surface area contributed by atoms with E-state index in [0.717, 1.165) is 38.4 Å². The second-order valence-electron chi connectivity index (χ2n) is 9.00. The molecule has 0 saturated carbocycles. The fourth-order valence-electron chi connectivity index (χ4n) is 4.23. The average molecular weight is 587 g/mol. The predicted molar refractivity (Wildman–Crippen MR) is 150 cm³/mol. The van der Waals surface area contributed by atoms with E-state index < -0.39 is 37.2 Å². The number of esters is 1. The predicted octanol–water partition coefficient (Wildman–Crippen LogP) is 4.06. The second-order valence-corrected chi connectivity index (χ2v) is 13.1. The Balaban J connectivity index is 2.13. The number of ether oxygens (including phenoxy) is 1. The first-order chi connectivity index (χ1) is 18.8. The highest BCUT2D eigenvalue weighted by Crippen LogP contribution is 2.34. The Kier molecular flexibility index (Phi) is 7.86. The lowest BCUT2D eigenvalue weighted by molar-refractivity contribution is -0.137. The summed E-state index contributed by atoms with van der Waals surface area (Å²) in [6.45, 7) is 4.95. The van der Waals surface area contributed by atoms with E-state index in [2.05, 4.69) is 0 Å². The summed E-state index contributed by atoms with van der Waals surface area (Å²) in [6.07, 6.45) is 3.53. The van der Waals surface area contributed by atoms with Crippen LogP contribution in [0, 0.1) is 12.7 Å². The number of carbonyl (C=O) groups is 1. The van der Waals surface area contributed by atoms with E-state index in [1.165, 1.54) is 44.4 Å². The van der Waals surface area contributed by atoms with Crippen molar-refractivity contribution in [2.75, 3.05) is 12.4 Å². The zero-order valence-electron chi connectivity index (χ0n) is 22.2. The van der Waals surface area contributed by atoms with Gasteiger partial charge in [0.15, 0.2) is 9.84 Å². The number of pyridine rings is 1. The maximum absolute atomic E-state index is 15.2. The maximum atomic E-state index is 15.2. The molecule has 0 saturated heterocycles. The average Bonchev–Trinajstić information content (AvgIpc) is 3.31. The van der Waals surface area contributed by atoms with Gasteiger partial charge in [0, 0.05) is 35.8 Å². The lowest BCUT2D eigenvalue weighted by atomic mass is 10.0. The molecule has 0 radical (unpaired) electrons. The fourth-order valence-corrected chi connectivity index (χ4v) is 6.63. The molecule has 0 aliphatic heterocycles. The first kappa shape index (κ1) is 29.0. The molecule has 4 rings (SSSR count). The number of aromatic nitrogens is 2. The molecule has 0 spiro atoms. The third kappa shape index (κ3) is 5.24.